The molecule has 24 heavy (non-hydrogen) atoms. The van der Waals surface area contributed by atoms with Crippen molar-refractivity contribution in [3.05, 3.63) is 88.2 Å². The summed E-state index contributed by atoms with van der Waals surface area (Å²) in [7, 11) is 0. The summed E-state index contributed by atoms with van der Waals surface area (Å²) in [6.07, 6.45) is 1.91. The van der Waals surface area contributed by atoms with Crippen molar-refractivity contribution in [2.45, 2.75) is 13.8 Å². The minimum absolute atomic E-state index is 0.564. The summed E-state index contributed by atoms with van der Waals surface area (Å²) in [5, 5.41) is 10.2. The van der Waals surface area contributed by atoms with Crippen molar-refractivity contribution >= 4 is 23.3 Å². The highest BCUT2D eigenvalue weighted by atomic mass is 35.5. The Bertz CT molecular complexity index is 944. The lowest BCUT2D eigenvalue weighted by atomic mass is 10.0. The van der Waals surface area contributed by atoms with Crippen LogP contribution in [0.25, 0.3) is 17.3 Å². The molecule has 1 aromatic heterocycles. The molecule has 0 N–H and O–H groups in total. The van der Waals surface area contributed by atoms with Gasteiger partial charge in [0.05, 0.1) is 11.6 Å². The molecular weight excluding hydrogens is 316 g/mol. The number of para-hydroxylation sites is 1. The monoisotopic (exact) mass is 332 g/mol. The molecule has 0 saturated heterocycles. The Labute approximate surface area is 147 Å². The van der Waals surface area contributed by atoms with Gasteiger partial charge in [-0.1, -0.05) is 48.0 Å². The van der Waals surface area contributed by atoms with Gasteiger partial charge in [-0.25, -0.2) is 0 Å². The molecule has 3 heteroatoms. The van der Waals surface area contributed by atoms with Gasteiger partial charge < -0.3 is 4.57 Å². The van der Waals surface area contributed by atoms with Gasteiger partial charge >= 0.3 is 0 Å². The average molecular weight is 333 g/mol. The first-order chi connectivity index (χ1) is 11.6. The first-order valence-electron chi connectivity index (χ1n) is 7.73. The molecule has 0 aliphatic rings. The lowest BCUT2D eigenvalue weighted by Crippen LogP contribution is -1.98. The van der Waals surface area contributed by atoms with Gasteiger partial charge in [-0.05, 0) is 49.8 Å². The summed E-state index contributed by atoms with van der Waals surface area (Å²) in [4.78, 5) is 0. The molecule has 0 bridgehead atoms. The predicted molar refractivity (Wildman–Crippen MR) is 100 cm³/mol. The van der Waals surface area contributed by atoms with E-state index >= 15 is 0 Å². The fourth-order valence-corrected chi connectivity index (χ4v) is 3.15. The van der Waals surface area contributed by atoms with Crippen molar-refractivity contribution in [1.29, 1.82) is 5.26 Å². The molecule has 0 fully saturated rings. The van der Waals surface area contributed by atoms with Crippen LogP contribution < -0.4 is 0 Å². The van der Waals surface area contributed by atoms with Crippen molar-refractivity contribution in [3.63, 3.8) is 0 Å². The van der Waals surface area contributed by atoms with Gasteiger partial charge in [0.2, 0.25) is 0 Å². The Hall–Kier alpha value is -2.76. The van der Waals surface area contributed by atoms with Crippen molar-refractivity contribution in [2.75, 3.05) is 0 Å². The number of allylic oxidation sites excluding steroid dienone is 1. The number of nitrogens with zero attached hydrogens (tertiary/aromatic N) is 2. The molecule has 2 aromatic carbocycles. The van der Waals surface area contributed by atoms with E-state index in [-0.39, 0.29) is 0 Å². The summed E-state index contributed by atoms with van der Waals surface area (Å²) < 4.78 is 2.19. The van der Waals surface area contributed by atoms with E-state index in [1.165, 1.54) is 0 Å². The first kappa shape index (κ1) is 16.1. The van der Waals surface area contributed by atoms with Crippen LogP contribution in [0.2, 0.25) is 5.02 Å². The van der Waals surface area contributed by atoms with Gasteiger partial charge in [-0.2, -0.15) is 5.26 Å². The van der Waals surface area contributed by atoms with E-state index in [0.717, 1.165) is 28.2 Å². The number of nitriles is 1. The Morgan fingerprint density at radius 2 is 1.71 bits per heavy atom. The SMILES string of the molecule is Cc1cc(C=C(C#N)c2ccccc2Cl)c(C)n1-c1ccccc1. The molecule has 0 spiro atoms. The molecule has 1 heterocycles. The first-order valence-corrected chi connectivity index (χ1v) is 8.10. The molecular formula is C21H17ClN2. The third-order valence-corrected chi connectivity index (χ3v) is 4.40. The van der Waals surface area contributed by atoms with Crippen molar-refractivity contribution in [2.24, 2.45) is 0 Å². The predicted octanol–water partition coefficient (Wildman–Crippen LogP) is 5.81. The molecule has 0 aliphatic carbocycles. The fraction of sp³-hybridized carbons (Fsp3) is 0.0952. The molecule has 0 aliphatic heterocycles. The van der Waals surface area contributed by atoms with Crippen LogP contribution in [0.5, 0.6) is 0 Å². The van der Waals surface area contributed by atoms with Crippen LogP contribution in [0.4, 0.5) is 0 Å². The fourth-order valence-electron chi connectivity index (χ4n) is 2.91. The quantitative estimate of drug-likeness (QED) is 0.556. The molecule has 0 radical (unpaired) electrons. The van der Waals surface area contributed by atoms with Crippen molar-refractivity contribution < 1.29 is 0 Å². The molecule has 0 amide bonds. The van der Waals surface area contributed by atoms with E-state index in [4.69, 9.17) is 11.6 Å². The number of hydrogen-bond donors (Lipinski definition) is 0. The van der Waals surface area contributed by atoms with Crippen LogP contribution >= 0.6 is 11.6 Å². The highest BCUT2D eigenvalue weighted by Crippen LogP contribution is 2.28. The molecule has 3 rings (SSSR count). The Morgan fingerprint density at radius 1 is 1.04 bits per heavy atom. The minimum atomic E-state index is 0.564. The van der Waals surface area contributed by atoms with Gasteiger partial charge in [0.1, 0.15) is 0 Å². The van der Waals surface area contributed by atoms with Crippen LogP contribution in [0, 0.1) is 25.2 Å². The second-order valence-electron chi connectivity index (χ2n) is 5.65. The zero-order chi connectivity index (χ0) is 17.1. The van der Waals surface area contributed by atoms with Crippen LogP contribution in [0.1, 0.15) is 22.5 Å². The number of halogens is 1. The number of aryl methyl sites for hydroxylation is 1. The maximum absolute atomic E-state index is 9.57. The lowest BCUT2D eigenvalue weighted by Gasteiger charge is -2.09. The summed E-state index contributed by atoms with van der Waals surface area (Å²) >= 11 is 6.24. The molecule has 2 nitrogen and oxygen atoms in total. The lowest BCUT2D eigenvalue weighted by molar-refractivity contribution is 0.964. The summed E-state index contributed by atoms with van der Waals surface area (Å²) in [6, 6.07) is 22.0. The van der Waals surface area contributed by atoms with Crippen LogP contribution in [-0.2, 0) is 0 Å². The maximum atomic E-state index is 9.57. The van der Waals surface area contributed by atoms with E-state index in [1.807, 2.05) is 42.5 Å². The average Bonchev–Trinajstić information content (AvgIpc) is 2.88. The van der Waals surface area contributed by atoms with E-state index < -0.39 is 0 Å². The molecule has 118 valence electrons. The number of rotatable bonds is 3. The Balaban J connectivity index is 2.11. The largest absolute Gasteiger partial charge is 0.318 e. The normalized spacial score (nSPS) is 11.3. The zero-order valence-electron chi connectivity index (χ0n) is 13.6. The van der Waals surface area contributed by atoms with Gasteiger partial charge in [0.15, 0.2) is 0 Å². The maximum Gasteiger partial charge on any atom is 0.0998 e. The van der Waals surface area contributed by atoms with Crippen molar-refractivity contribution in [3.8, 4) is 11.8 Å². The van der Waals surface area contributed by atoms with Crippen LogP contribution in [0.3, 0.4) is 0 Å². The summed E-state index contributed by atoms with van der Waals surface area (Å²) in [5.41, 5.74) is 5.68. The molecule has 3 aromatic rings. The molecule has 0 atom stereocenters. The summed E-state index contributed by atoms with van der Waals surface area (Å²) in [5.74, 6) is 0. The molecule has 0 unspecified atom stereocenters. The standard InChI is InChI=1S/C21H17ClN2/c1-15-12-17(16(2)24(15)19-8-4-3-5-9-19)13-18(14-23)20-10-6-7-11-21(20)22/h3-13H,1-2H3. The highest BCUT2D eigenvalue weighted by Gasteiger charge is 2.11. The Kier molecular flexibility index (Phi) is 4.55. The smallest absolute Gasteiger partial charge is 0.0998 e. The van der Waals surface area contributed by atoms with Gasteiger partial charge in [0, 0.05) is 27.7 Å². The molecule has 0 saturated carbocycles. The number of benzene rings is 2. The third-order valence-electron chi connectivity index (χ3n) is 4.07. The van der Waals surface area contributed by atoms with E-state index in [2.05, 4.69) is 42.7 Å². The summed E-state index contributed by atoms with van der Waals surface area (Å²) in [6.45, 7) is 4.13. The highest BCUT2D eigenvalue weighted by molar-refractivity contribution is 6.32. The minimum Gasteiger partial charge on any atom is -0.318 e. The van der Waals surface area contributed by atoms with Gasteiger partial charge in [0.25, 0.3) is 0 Å². The van der Waals surface area contributed by atoms with Gasteiger partial charge in [-0.15, -0.1) is 0 Å². The van der Waals surface area contributed by atoms with E-state index in [0.29, 0.717) is 10.6 Å². The topological polar surface area (TPSA) is 28.7 Å². The third kappa shape index (κ3) is 2.99. The zero-order valence-corrected chi connectivity index (χ0v) is 14.4. The van der Waals surface area contributed by atoms with Crippen molar-refractivity contribution in [1.82, 2.24) is 4.57 Å². The second kappa shape index (κ2) is 6.78. The Morgan fingerprint density at radius 3 is 2.38 bits per heavy atom. The van der Waals surface area contributed by atoms with E-state index in [1.54, 1.807) is 6.07 Å². The van der Waals surface area contributed by atoms with Crippen LogP contribution in [-0.4, -0.2) is 4.57 Å². The number of aromatic nitrogens is 1. The van der Waals surface area contributed by atoms with Gasteiger partial charge in [-0.3, -0.25) is 0 Å². The second-order valence-corrected chi connectivity index (χ2v) is 6.05. The van der Waals surface area contributed by atoms with E-state index in [9.17, 15) is 5.26 Å². The van der Waals surface area contributed by atoms with Crippen LogP contribution in [0.15, 0.2) is 60.7 Å². The number of hydrogen-bond acceptors (Lipinski definition) is 1.